The van der Waals surface area contributed by atoms with E-state index in [0.717, 1.165) is 12.1 Å². The summed E-state index contributed by atoms with van der Waals surface area (Å²) in [6, 6.07) is 6.47. The molecule has 3 heterocycles. The Morgan fingerprint density at radius 2 is 1.83 bits per heavy atom. The molecule has 2 aromatic heterocycles. The maximum Gasteiger partial charge on any atom is 0.289 e. The van der Waals surface area contributed by atoms with Crippen LogP contribution in [0.1, 0.15) is 22.9 Å². The molecule has 1 aliphatic heterocycles. The highest BCUT2D eigenvalue weighted by Crippen LogP contribution is 2.24. The maximum absolute atomic E-state index is 13.9. The van der Waals surface area contributed by atoms with Crippen molar-refractivity contribution in [1.29, 1.82) is 0 Å². The third-order valence-electron chi connectivity index (χ3n) is 4.95. The molecule has 0 unspecified atom stereocenters. The van der Waals surface area contributed by atoms with Crippen LogP contribution < -0.4 is 0 Å². The molecule has 2 amide bonds. The molecule has 1 aliphatic rings. The topological polar surface area (TPSA) is 79.8 Å². The summed E-state index contributed by atoms with van der Waals surface area (Å²) in [4.78, 5) is 32.2. The Balaban J connectivity index is 1.28. The monoisotopic (exact) mass is 415 g/mol. The van der Waals surface area contributed by atoms with Crippen LogP contribution in [0.2, 0.25) is 0 Å². The summed E-state index contributed by atoms with van der Waals surface area (Å²) >= 11 is 0. The van der Waals surface area contributed by atoms with Gasteiger partial charge >= 0.3 is 0 Å². The maximum atomic E-state index is 13.9. The first kappa shape index (κ1) is 19.8. The van der Waals surface area contributed by atoms with Gasteiger partial charge in [0.2, 0.25) is 5.91 Å². The number of carbonyl (C=O) groups is 2. The molecule has 1 aromatic carbocycles. The van der Waals surface area contributed by atoms with Crippen molar-refractivity contribution in [3.8, 4) is 11.3 Å². The summed E-state index contributed by atoms with van der Waals surface area (Å²) in [7, 11) is 0. The minimum atomic E-state index is -0.740. The van der Waals surface area contributed by atoms with E-state index in [4.69, 9.17) is 8.83 Å². The quantitative estimate of drug-likeness (QED) is 0.640. The molecule has 156 valence electrons. The van der Waals surface area contributed by atoms with E-state index >= 15 is 0 Å². The Morgan fingerprint density at radius 3 is 2.53 bits per heavy atom. The van der Waals surface area contributed by atoms with Gasteiger partial charge in [-0.1, -0.05) is 0 Å². The number of oxazole rings is 1. The van der Waals surface area contributed by atoms with E-state index in [0.29, 0.717) is 32.1 Å². The number of carbonyl (C=O) groups excluding carboxylic acids is 2. The SMILES string of the molecule is O=C(CCc1ncc(-c2ccc(F)cc2F)o1)N1CCN(C(=O)c2ccco2)CC1. The number of furan rings is 1. The van der Waals surface area contributed by atoms with Crippen molar-refractivity contribution in [1.82, 2.24) is 14.8 Å². The van der Waals surface area contributed by atoms with Gasteiger partial charge < -0.3 is 18.6 Å². The second-order valence-electron chi connectivity index (χ2n) is 6.89. The number of aryl methyl sites for hydroxylation is 1. The zero-order valence-corrected chi connectivity index (χ0v) is 16.0. The third kappa shape index (κ3) is 4.24. The van der Waals surface area contributed by atoms with Crippen LogP contribution >= 0.6 is 0 Å². The average Bonchev–Trinajstić information content (AvgIpc) is 3.44. The number of amides is 2. The molecule has 1 fully saturated rings. The zero-order chi connectivity index (χ0) is 21.1. The standard InChI is InChI=1S/C21H19F2N3O4/c22-14-3-4-15(16(23)12-14)18-13-24-19(30-18)5-6-20(27)25-7-9-26(10-8-25)21(28)17-2-1-11-29-17/h1-4,11-13H,5-10H2. The number of aromatic nitrogens is 1. The zero-order valence-electron chi connectivity index (χ0n) is 16.0. The molecule has 3 aromatic rings. The summed E-state index contributed by atoms with van der Waals surface area (Å²) in [5.41, 5.74) is 0.110. The average molecular weight is 415 g/mol. The van der Waals surface area contributed by atoms with Crippen LogP contribution in [0.4, 0.5) is 8.78 Å². The van der Waals surface area contributed by atoms with Crippen molar-refractivity contribution in [2.45, 2.75) is 12.8 Å². The van der Waals surface area contributed by atoms with Crippen LogP contribution in [0.25, 0.3) is 11.3 Å². The number of piperazine rings is 1. The van der Waals surface area contributed by atoms with Crippen molar-refractivity contribution in [2.24, 2.45) is 0 Å². The molecule has 0 bridgehead atoms. The van der Waals surface area contributed by atoms with Gasteiger partial charge in [-0.25, -0.2) is 13.8 Å². The third-order valence-corrected chi connectivity index (χ3v) is 4.95. The van der Waals surface area contributed by atoms with Crippen LogP contribution in [-0.4, -0.2) is 52.8 Å². The van der Waals surface area contributed by atoms with E-state index in [-0.39, 0.29) is 41.7 Å². The van der Waals surface area contributed by atoms with E-state index < -0.39 is 11.6 Å². The first-order chi connectivity index (χ1) is 14.5. The normalized spacial score (nSPS) is 14.2. The summed E-state index contributed by atoms with van der Waals surface area (Å²) in [5, 5.41) is 0. The molecule has 0 aliphatic carbocycles. The van der Waals surface area contributed by atoms with Gasteiger partial charge in [0.1, 0.15) is 11.6 Å². The van der Waals surface area contributed by atoms with Gasteiger partial charge in [-0.3, -0.25) is 9.59 Å². The summed E-state index contributed by atoms with van der Waals surface area (Å²) in [6.45, 7) is 1.72. The highest BCUT2D eigenvalue weighted by atomic mass is 19.1. The Hall–Kier alpha value is -3.49. The van der Waals surface area contributed by atoms with Crippen molar-refractivity contribution in [2.75, 3.05) is 26.2 Å². The number of halogens is 2. The Labute approximate surface area is 170 Å². The lowest BCUT2D eigenvalue weighted by Gasteiger charge is -2.34. The van der Waals surface area contributed by atoms with Gasteiger partial charge in [-0.2, -0.15) is 0 Å². The van der Waals surface area contributed by atoms with Gasteiger partial charge in [0.25, 0.3) is 5.91 Å². The second kappa shape index (κ2) is 8.48. The molecule has 9 heteroatoms. The molecule has 0 atom stereocenters. The van der Waals surface area contributed by atoms with Crippen molar-refractivity contribution >= 4 is 11.8 Å². The smallest absolute Gasteiger partial charge is 0.289 e. The van der Waals surface area contributed by atoms with Crippen molar-refractivity contribution < 1.29 is 27.2 Å². The summed E-state index contributed by atoms with van der Waals surface area (Å²) < 4.78 is 37.5. The van der Waals surface area contributed by atoms with Crippen molar-refractivity contribution in [3.63, 3.8) is 0 Å². The van der Waals surface area contributed by atoms with E-state index in [1.807, 2.05) is 0 Å². The van der Waals surface area contributed by atoms with E-state index in [9.17, 15) is 18.4 Å². The highest BCUT2D eigenvalue weighted by molar-refractivity contribution is 5.91. The first-order valence-electron chi connectivity index (χ1n) is 9.52. The Bertz CT molecular complexity index is 1040. The molecule has 0 saturated carbocycles. The van der Waals surface area contributed by atoms with Gasteiger partial charge in [-0.05, 0) is 24.3 Å². The minimum absolute atomic E-state index is 0.0761. The molecule has 0 radical (unpaired) electrons. The molecule has 0 spiro atoms. The lowest BCUT2D eigenvalue weighted by molar-refractivity contribution is -0.132. The lowest BCUT2D eigenvalue weighted by atomic mass is 10.2. The Kier molecular flexibility index (Phi) is 5.60. The number of benzene rings is 1. The number of rotatable bonds is 5. The van der Waals surface area contributed by atoms with Gasteiger partial charge in [-0.15, -0.1) is 0 Å². The largest absolute Gasteiger partial charge is 0.459 e. The highest BCUT2D eigenvalue weighted by Gasteiger charge is 2.26. The molecule has 7 nitrogen and oxygen atoms in total. The predicted molar refractivity (Wildman–Crippen MR) is 101 cm³/mol. The lowest BCUT2D eigenvalue weighted by Crippen LogP contribution is -2.50. The Morgan fingerprint density at radius 1 is 1.07 bits per heavy atom. The predicted octanol–water partition coefficient (Wildman–Crippen LogP) is 3.13. The van der Waals surface area contributed by atoms with Gasteiger partial charge in [0, 0.05) is 45.1 Å². The summed E-state index contributed by atoms with van der Waals surface area (Å²) in [5.74, 6) is -0.913. The minimum Gasteiger partial charge on any atom is -0.459 e. The molecule has 1 saturated heterocycles. The van der Waals surface area contributed by atoms with Crippen LogP contribution in [0, 0.1) is 11.6 Å². The second-order valence-corrected chi connectivity index (χ2v) is 6.89. The molecule has 30 heavy (non-hydrogen) atoms. The van der Waals surface area contributed by atoms with E-state index in [1.165, 1.54) is 18.5 Å². The molecular weight excluding hydrogens is 396 g/mol. The molecule has 0 N–H and O–H groups in total. The fourth-order valence-electron chi connectivity index (χ4n) is 3.33. The van der Waals surface area contributed by atoms with Gasteiger partial charge in [0.15, 0.2) is 17.4 Å². The van der Waals surface area contributed by atoms with Crippen LogP contribution in [-0.2, 0) is 11.2 Å². The fourth-order valence-corrected chi connectivity index (χ4v) is 3.33. The summed E-state index contributed by atoms with van der Waals surface area (Å²) in [6.07, 6.45) is 3.24. The van der Waals surface area contributed by atoms with Gasteiger partial charge in [0.05, 0.1) is 18.0 Å². The first-order valence-corrected chi connectivity index (χ1v) is 9.52. The molecular formula is C21H19F2N3O4. The number of nitrogens with zero attached hydrogens (tertiary/aromatic N) is 3. The van der Waals surface area contributed by atoms with Crippen LogP contribution in [0.5, 0.6) is 0 Å². The molecule has 4 rings (SSSR count). The van der Waals surface area contributed by atoms with Crippen LogP contribution in [0.3, 0.4) is 0 Å². The van der Waals surface area contributed by atoms with E-state index in [2.05, 4.69) is 4.98 Å². The number of hydrogen-bond acceptors (Lipinski definition) is 5. The van der Waals surface area contributed by atoms with E-state index in [1.54, 1.807) is 21.9 Å². The number of hydrogen-bond donors (Lipinski definition) is 0. The van der Waals surface area contributed by atoms with Crippen molar-refractivity contribution in [3.05, 3.63) is 66.1 Å². The van der Waals surface area contributed by atoms with Crippen LogP contribution in [0.15, 0.2) is 51.6 Å². The fraction of sp³-hybridized carbons (Fsp3) is 0.286.